The smallest absolute Gasteiger partial charge is 0.287 e. The number of anilines is 2. The Morgan fingerprint density at radius 2 is 1.94 bits per heavy atom. The van der Waals surface area contributed by atoms with Crippen LogP contribution in [-0.4, -0.2) is 27.4 Å². The summed E-state index contributed by atoms with van der Waals surface area (Å²) in [6.07, 6.45) is 5.51. The van der Waals surface area contributed by atoms with Gasteiger partial charge in [0.2, 0.25) is 0 Å². The molecule has 0 aliphatic rings. The number of rotatable bonds is 7. The summed E-state index contributed by atoms with van der Waals surface area (Å²) in [5, 5.41) is 11.8. The molecule has 3 aromatic rings. The summed E-state index contributed by atoms with van der Waals surface area (Å²) >= 11 is 0. The third-order valence-electron chi connectivity index (χ3n) is 4.85. The number of aromatic nitrogens is 3. The quantitative estimate of drug-likeness (QED) is 0.232. The summed E-state index contributed by atoms with van der Waals surface area (Å²) in [6, 6.07) is 9.02. The molecule has 2 aromatic heterocycles. The normalized spacial score (nSPS) is 11.7. The van der Waals surface area contributed by atoms with Gasteiger partial charge in [-0.2, -0.15) is 5.10 Å². The van der Waals surface area contributed by atoms with Gasteiger partial charge in [0.15, 0.2) is 0 Å². The molecule has 0 unspecified atom stereocenters. The molecule has 0 aliphatic heterocycles. The maximum Gasteiger partial charge on any atom is 0.287 e. The van der Waals surface area contributed by atoms with Gasteiger partial charge in [-0.3, -0.25) is 14.6 Å². The largest absolute Gasteiger partial charge is 0.390 e. The van der Waals surface area contributed by atoms with Crippen LogP contribution in [0.15, 0.2) is 76.9 Å². The molecule has 5 N–H and O–H groups in total. The molecule has 0 aliphatic carbocycles. The van der Waals surface area contributed by atoms with Crippen molar-refractivity contribution >= 4 is 23.6 Å². The maximum absolute atomic E-state index is 14.5. The number of nitrogens with zero attached hydrogens (tertiary/aromatic N) is 3. The van der Waals surface area contributed by atoms with Gasteiger partial charge < -0.3 is 16.4 Å². The fourth-order valence-corrected chi connectivity index (χ4v) is 2.99. The Bertz CT molecular complexity index is 1350. The molecule has 2 heterocycles. The Morgan fingerprint density at radius 3 is 2.60 bits per heavy atom. The number of amides is 1. The monoisotopic (exact) mass is 475 g/mol. The van der Waals surface area contributed by atoms with Crippen LogP contribution >= 0.6 is 0 Å². The van der Waals surface area contributed by atoms with E-state index in [9.17, 15) is 14.0 Å². The molecular formula is C25H26FN7O2. The topological polar surface area (TPSA) is 138 Å². The number of aliphatic imine (C=N–C) groups is 1. The first-order chi connectivity index (χ1) is 16.6. The molecule has 0 saturated carbocycles. The van der Waals surface area contributed by atoms with Gasteiger partial charge >= 0.3 is 0 Å². The Hall–Kier alpha value is -4.60. The van der Waals surface area contributed by atoms with Crippen molar-refractivity contribution in [2.45, 2.75) is 26.2 Å². The number of carbonyl (C=O) groups is 1. The molecule has 0 saturated heterocycles. The molecule has 0 bridgehead atoms. The Balaban J connectivity index is 1.83. The van der Waals surface area contributed by atoms with Gasteiger partial charge in [0, 0.05) is 34.8 Å². The number of hydrogen-bond donors (Lipinski definition) is 4. The summed E-state index contributed by atoms with van der Waals surface area (Å²) in [6.45, 7) is 9.84. The summed E-state index contributed by atoms with van der Waals surface area (Å²) in [7, 11) is 0. The first-order valence-electron chi connectivity index (χ1n) is 10.6. The maximum atomic E-state index is 14.5. The summed E-state index contributed by atoms with van der Waals surface area (Å²) < 4.78 is 14.5. The second-order valence-electron chi connectivity index (χ2n) is 8.59. The number of nitrogens with two attached hydrogens (primary N) is 1. The fraction of sp³-hybridized carbons (Fsp3) is 0.160. The van der Waals surface area contributed by atoms with Gasteiger partial charge in [0.25, 0.3) is 11.5 Å². The molecular weight excluding hydrogens is 449 g/mol. The van der Waals surface area contributed by atoms with Crippen molar-refractivity contribution in [3.05, 3.63) is 94.6 Å². The van der Waals surface area contributed by atoms with E-state index in [4.69, 9.17) is 5.73 Å². The lowest BCUT2D eigenvalue weighted by atomic mass is 9.91. The van der Waals surface area contributed by atoms with Crippen molar-refractivity contribution < 1.29 is 9.18 Å². The van der Waals surface area contributed by atoms with Gasteiger partial charge in [0.05, 0.1) is 23.3 Å². The lowest BCUT2D eigenvalue weighted by Crippen LogP contribution is -2.17. The SMILES string of the molecule is C=C(/C=C\N=C/N)Nc1cc(-c2ccc(F)c(NC(=O)c3ccc(C(C)(C)C)nc3)c2)n[nH]c1=O. The zero-order valence-electron chi connectivity index (χ0n) is 19.6. The average Bonchev–Trinajstić information content (AvgIpc) is 2.81. The van der Waals surface area contributed by atoms with E-state index >= 15 is 0 Å². The summed E-state index contributed by atoms with van der Waals surface area (Å²) in [5.74, 6) is -1.13. The third kappa shape index (κ3) is 6.47. The van der Waals surface area contributed by atoms with Crippen LogP contribution in [0.1, 0.15) is 36.8 Å². The molecule has 180 valence electrons. The molecule has 0 fully saturated rings. The molecule has 1 aromatic carbocycles. The van der Waals surface area contributed by atoms with Crippen molar-refractivity contribution in [1.82, 2.24) is 15.2 Å². The number of halogens is 1. The molecule has 3 rings (SSSR count). The minimum Gasteiger partial charge on any atom is -0.390 e. The van der Waals surface area contributed by atoms with E-state index < -0.39 is 17.3 Å². The van der Waals surface area contributed by atoms with E-state index in [-0.39, 0.29) is 16.8 Å². The van der Waals surface area contributed by atoms with E-state index in [0.717, 1.165) is 12.0 Å². The van der Waals surface area contributed by atoms with Crippen LogP contribution in [0.2, 0.25) is 0 Å². The van der Waals surface area contributed by atoms with Crippen molar-refractivity contribution in [3.8, 4) is 11.3 Å². The first-order valence-corrected chi connectivity index (χ1v) is 10.6. The molecule has 0 spiro atoms. The standard InChI is InChI=1S/C25H26FN7O2/c1-15(9-10-28-14-27)30-21-12-19(32-33-24(21)35)16-5-7-18(26)20(11-16)31-23(34)17-6-8-22(29-13-17)25(2,3)4/h5-14H,1H2,2-4H3,(H2,27,28)(H,30,32)(H,31,34)(H,33,35)/b10-9-. The van der Waals surface area contributed by atoms with E-state index in [1.165, 1.54) is 42.7 Å². The van der Waals surface area contributed by atoms with Crippen molar-refractivity contribution in [2.24, 2.45) is 10.7 Å². The van der Waals surface area contributed by atoms with E-state index in [2.05, 4.69) is 37.4 Å². The second kappa shape index (κ2) is 10.6. The van der Waals surface area contributed by atoms with Crippen LogP contribution in [0, 0.1) is 5.82 Å². The minimum absolute atomic E-state index is 0.0399. The van der Waals surface area contributed by atoms with Gasteiger partial charge in [-0.1, -0.05) is 27.4 Å². The van der Waals surface area contributed by atoms with E-state index in [1.807, 2.05) is 20.8 Å². The zero-order chi connectivity index (χ0) is 25.6. The lowest BCUT2D eigenvalue weighted by Gasteiger charge is -2.17. The lowest BCUT2D eigenvalue weighted by molar-refractivity contribution is 0.102. The molecule has 0 atom stereocenters. The molecule has 1 amide bonds. The fourth-order valence-electron chi connectivity index (χ4n) is 2.99. The molecule has 10 heteroatoms. The van der Waals surface area contributed by atoms with Gasteiger partial charge in [0.1, 0.15) is 11.5 Å². The third-order valence-corrected chi connectivity index (χ3v) is 4.85. The highest BCUT2D eigenvalue weighted by atomic mass is 19.1. The van der Waals surface area contributed by atoms with E-state index in [1.54, 1.807) is 12.1 Å². The number of pyridine rings is 1. The van der Waals surface area contributed by atoms with Crippen LogP contribution in [0.4, 0.5) is 15.8 Å². The van der Waals surface area contributed by atoms with Crippen molar-refractivity contribution in [2.75, 3.05) is 10.6 Å². The minimum atomic E-state index is -0.622. The van der Waals surface area contributed by atoms with Gasteiger partial charge in [-0.15, -0.1) is 0 Å². The number of benzene rings is 1. The Labute approximate surface area is 201 Å². The average molecular weight is 476 g/mol. The second-order valence-corrected chi connectivity index (χ2v) is 8.59. The number of carbonyl (C=O) groups excluding carboxylic acids is 1. The highest BCUT2D eigenvalue weighted by molar-refractivity contribution is 6.04. The number of allylic oxidation sites excluding steroid dienone is 1. The van der Waals surface area contributed by atoms with Crippen LogP contribution in [0.3, 0.4) is 0 Å². The van der Waals surface area contributed by atoms with Crippen LogP contribution in [0.25, 0.3) is 11.3 Å². The highest BCUT2D eigenvalue weighted by Crippen LogP contribution is 2.25. The van der Waals surface area contributed by atoms with Gasteiger partial charge in [-0.25, -0.2) is 14.5 Å². The molecule has 35 heavy (non-hydrogen) atoms. The molecule has 0 radical (unpaired) electrons. The summed E-state index contributed by atoms with van der Waals surface area (Å²) in [4.78, 5) is 32.9. The number of H-pyrrole nitrogens is 1. The predicted octanol–water partition coefficient (Wildman–Crippen LogP) is 3.95. The Kier molecular flexibility index (Phi) is 7.55. The zero-order valence-corrected chi connectivity index (χ0v) is 19.6. The first kappa shape index (κ1) is 25.0. The van der Waals surface area contributed by atoms with Crippen molar-refractivity contribution in [1.29, 1.82) is 0 Å². The summed E-state index contributed by atoms with van der Waals surface area (Å²) in [5.41, 5.74) is 6.99. The van der Waals surface area contributed by atoms with Crippen LogP contribution in [0.5, 0.6) is 0 Å². The number of nitrogens with one attached hydrogen (secondary N) is 3. The highest BCUT2D eigenvalue weighted by Gasteiger charge is 2.17. The number of hydrogen-bond acceptors (Lipinski definition) is 6. The Morgan fingerprint density at radius 1 is 1.17 bits per heavy atom. The van der Waals surface area contributed by atoms with Crippen molar-refractivity contribution in [3.63, 3.8) is 0 Å². The van der Waals surface area contributed by atoms with Crippen LogP contribution < -0.4 is 21.9 Å². The van der Waals surface area contributed by atoms with Crippen LogP contribution in [-0.2, 0) is 5.41 Å². The molecule has 9 nitrogen and oxygen atoms in total. The predicted molar refractivity (Wildman–Crippen MR) is 136 cm³/mol. The number of aromatic amines is 1. The van der Waals surface area contributed by atoms with Gasteiger partial charge in [-0.05, 0) is 42.5 Å². The van der Waals surface area contributed by atoms with E-state index in [0.29, 0.717) is 22.5 Å².